The molecule has 1 N–H and O–H groups in total. The number of nitrogens with zero attached hydrogens (tertiary/aromatic N) is 3. The van der Waals surface area contributed by atoms with E-state index in [0.717, 1.165) is 66.3 Å². The standard InChI is InChI=1S/C20H27N3O3S/c1-13(24)19-12-27-20(22(19)14-6-2-3-7-14)21-17-10-11-18(23(25)26)16-9-5-4-8-15(16)17/h10-11,13-14,19,24H,2-9,12H2,1H3/t13-,19-/m1/s1. The van der Waals surface area contributed by atoms with E-state index in [-0.39, 0.29) is 16.7 Å². The molecular formula is C20H27N3O3S. The summed E-state index contributed by atoms with van der Waals surface area (Å²) in [6, 6.07) is 3.99. The van der Waals surface area contributed by atoms with E-state index < -0.39 is 6.10 Å². The number of hydrogen-bond acceptors (Lipinski definition) is 5. The van der Waals surface area contributed by atoms with Gasteiger partial charge in [-0.1, -0.05) is 24.6 Å². The van der Waals surface area contributed by atoms with Crippen molar-refractivity contribution in [2.24, 2.45) is 4.99 Å². The monoisotopic (exact) mass is 389 g/mol. The summed E-state index contributed by atoms with van der Waals surface area (Å²) in [4.78, 5) is 18.5. The molecule has 1 saturated heterocycles. The first kappa shape index (κ1) is 18.7. The average Bonchev–Trinajstić information content (AvgIpc) is 3.31. The summed E-state index contributed by atoms with van der Waals surface area (Å²) >= 11 is 1.71. The summed E-state index contributed by atoms with van der Waals surface area (Å²) in [6.45, 7) is 1.86. The van der Waals surface area contributed by atoms with Crippen molar-refractivity contribution < 1.29 is 10.0 Å². The molecule has 1 aromatic rings. The van der Waals surface area contributed by atoms with E-state index in [0.29, 0.717) is 6.04 Å². The maximum absolute atomic E-state index is 11.4. The molecule has 1 heterocycles. The van der Waals surface area contributed by atoms with Crippen LogP contribution in [-0.4, -0.2) is 44.0 Å². The van der Waals surface area contributed by atoms with Crippen molar-refractivity contribution in [3.8, 4) is 0 Å². The average molecular weight is 390 g/mol. The molecule has 2 fully saturated rings. The predicted octanol–water partition coefficient (Wildman–Crippen LogP) is 4.20. The summed E-state index contributed by atoms with van der Waals surface area (Å²) in [5.74, 6) is 0.849. The molecule has 0 bridgehead atoms. The number of fused-ring (bicyclic) bond motifs is 1. The number of amidine groups is 1. The first-order valence-electron chi connectivity index (χ1n) is 10.0. The van der Waals surface area contributed by atoms with E-state index in [1.54, 1.807) is 17.8 Å². The molecule has 0 aromatic heterocycles. The second kappa shape index (κ2) is 7.80. The van der Waals surface area contributed by atoms with Gasteiger partial charge in [-0.15, -0.1) is 0 Å². The smallest absolute Gasteiger partial charge is 0.273 e. The van der Waals surface area contributed by atoms with Crippen molar-refractivity contribution in [3.05, 3.63) is 33.4 Å². The number of aliphatic hydroxyl groups excluding tert-OH is 1. The second-order valence-corrected chi connectivity index (χ2v) is 8.87. The molecule has 6 nitrogen and oxygen atoms in total. The molecule has 2 aliphatic carbocycles. The molecule has 4 rings (SSSR count). The molecule has 27 heavy (non-hydrogen) atoms. The molecule has 3 aliphatic rings. The first-order valence-corrected chi connectivity index (χ1v) is 11.0. The number of nitro benzene ring substituents is 1. The summed E-state index contributed by atoms with van der Waals surface area (Å²) in [6.07, 6.45) is 8.07. The summed E-state index contributed by atoms with van der Waals surface area (Å²) < 4.78 is 0. The molecule has 1 aliphatic heterocycles. The number of thioether (sulfide) groups is 1. The van der Waals surface area contributed by atoms with Crippen LogP contribution in [0.1, 0.15) is 56.6 Å². The van der Waals surface area contributed by atoms with Crippen molar-refractivity contribution >= 4 is 28.3 Å². The number of benzene rings is 1. The maximum Gasteiger partial charge on any atom is 0.273 e. The molecule has 0 spiro atoms. The molecular weight excluding hydrogens is 362 g/mol. The Balaban J connectivity index is 1.72. The summed E-state index contributed by atoms with van der Waals surface area (Å²) in [5, 5.41) is 22.7. The van der Waals surface area contributed by atoms with E-state index in [1.807, 2.05) is 13.0 Å². The summed E-state index contributed by atoms with van der Waals surface area (Å²) in [7, 11) is 0. The lowest BCUT2D eigenvalue weighted by molar-refractivity contribution is -0.385. The SMILES string of the molecule is C[C@@H](O)[C@H]1CSC(=Nc2ccc([N+](=O)[O-])c3c2CCCC3)N1C1CCCC1. The molecule has 0 amide bonds. The second-order valence-electron chi connectivity index (χ2n) is 7.88. The lowest BCUT2D eigenvalue weighted by Crippen LogP contribution is -2.46. The Morgan fingerprint density at radius 3 is 2.59 bits per heavy atom. The zero-order valence-electron chi connectivity index (χ0n) is 15.8. The Hall–Kier alpha value is -1.60. The Morgan fingerprint density at radius 2 is 1.93 bits per heavy atom. The number of hydrogen-bond donors (Lipinski definition) is 1. The number of rotatable bonds is 4. The van der Waals surface area contributed by atoms with E-state index in [9.17, 15) is 15.2 Å². The van der Waals surface area contributed by atoms with Gasteiger partial charge in [0.1, 0.15) is 0 Å². The van der Waals surface area contributed by atoms with Gasteiger partial charge >= 0.3 is 0 Å². The fraction of sp³-hybridized carbons (Fsp3) is 0.650. The van der Waals surface area contributed by atoms with Crippen molar-refractivity contribution in [2.45, 2.75) is 76.5 Å². The van der Waals surface area contributed by atoms with Crippen LogP contribution in [0, 0.1) is 10.1 Å². The zero-order valence-corrected chi connectivity index (χ0v) is 16.6. The molecule has 1 saturated carbocycles. The Morgan fingerprint density at radius 1 is 1.22 bits per heavy atom. The fourth-order valence-corrected chi connectivity index (χ4v) is 6.09. The van der Waals surface area contributed by atoms with E-state index in [4.69, 9.17) is 4.99 Å². The quantitative estimate of drug-likeness (QED) is 0.617. The Labute approximate surface area is 164 Å². The van der Waals surface area contributed by atoms with Gasteiger partial charge in [-0.05, 0) is 57.1 Å². The van der Waals surface area contributed by atoms with Gasteiger partial charge in [0.25, 0.3) is 5.69 Å². The van der Waals surface area contributed by atoms with Crippen LogP contribution in [0.3, 0.4) is 0 Å². The predicted molar refractivity (Wildman–Crippen MR) is 109 cm³/mol. The van der Waals surface area contributed by atoms with Crippen molar-refractivity contribution in [3.63, 3.8) is 0 Å². The van der Waals surface area contributed by atoms with E-state index in [2.05, 4.69) is 4.90 Å². The number of aliphatic hydroxyl groups is 1. The van der Waals surface area contributed by atoms with Crippen LogP contribution in [0.5, 0.6) is 0 Å². The maximum atomic E-state index is 11.4. The van der Waals surface area contributed by atoms with Crippen molar-refractivity contribution in [2.75, 3.05) is 5.75 Å². The lowest BCUT2D eigenvalue weighted by atomic mass is 9.89. The molecule has 146 valence electrons. The molecule has 0 radical (unpaired) electrons. The van der Waals surface area contributed by atoms with Crippen LogP contribution in [-0.2, 0) is 12.8 Å². The number of nitro groups is 1. The van der Waals surface area contributed by atoms with Gasteiger partial charge in [0.15, 0.2) is 5.17 Å². The topological polar surface area (TPSA) is 79.0 Å². The summed E-state index contributed by atoms with van der Waals surface area (Å²) in [5.41, 5.74) is 3.04. The van der Waals surface area contributed by atoms with Crippen LogP contribution in [0.2, 0.25) is 0 Å². The van der Waals surface area contributed by atoms with Gasteiger partial charge in [-0.25, -0.2) is 4.99 Å². The minimum atomic E-state index is -0.392. The molecule has 0 unspecified atom stereocenters. The van der Waals surface area contributed by atoms with Gasteiger partial charge in [-0.2, -0.15) is 0 Å². The lowest BCUT2D eigenvalue weighted by Gasteiger charge is -2.33. The fourth-order valence-electron chi connectivity index (χ4n) is 4.74. The zero-order chi connectivity index (χ0) is 19.0. The highest BCUT2D eigenvalue weighted by Gasteiger charge is 2.39. The van der Waals surface area contributed by atoms with Crippen LogP contribution in [0.4, 0.5) is 11.4 Å². The van der Waals surface area contributed by atoms with Crippen molar-refractivity contribution in [1.82, 2.24) is 4.90 Å². The molecule has 7 heteroatoms. The third-order valence-corrected chi connectivity index (χ3v) is 7.20. The minimum Gasteiger partial charge on any atom is -0.391 e. The Kier molecular flexibility index (Phi) is 5.41. The Bertz CT molecular complexity index is 759. The van der Waals surface area contributed by atoms with Gasteiger partial charge in [0, 0.05) is 23.4 Å². The largest absolute Gasteiger partial charge is 0.391 e. The highest BCUT2D eigenvalue weighted by atomic mass is 32.2. The van der Waals surface area contributed by atoms with E-state index in [1.165, 1.54) is 12.8 Å². The van der Waals surface area contributed by atoms with Crippen LogP contribution < -0.4 is 0 Å². The van der Waals surface area contributed by atoms with Gasteiger partial charge in [0.2, 0.25) is 0 Å². The van der Waals surface area contributed by atoms with Crippen LogP contribution in [0.15, 0.2) is 17.1 Å². The minimum absolute atomic E-state index is 0.103. The molecule has 1 aromatic carbocycles. The first-order chi connectivity index (χ1) is 13.1. The number of aliphatic imine (C=N–C) groups is 1. The van der Waals surface area contributed by atoms with Gasteiger partial charge in [0.05, 0.1) is 22.8 Å². The highest BCUT2D eigenvalue weighted by molar-refractivity contribution is 8.14. The normalized spacial score (nSPS) is 25.8. The van der Waals surface area contributed by atoms with E-state index >= 15 is 0 Å². The van der Waals surface area contributed by atoms with Crippen LogP contribution in [0.25, 0.3) is 0 Å². The van der Waals surface area contributed by atoms with Gasteiger partial charge in [-0.3, -0.25) is 10.1 Å². The van der Waals surface area contributed by atoms with Crippen LogP contribution >= 0.6 is 11.8 Å². The third-order valence-electron chi connectivity index (χ3n) is 6.13. The van der Waals surface area contributed by atoms with Crippen molar-refractivity contribution in [1.29, 1.82) is 0 Å². The van der Waals surface area contributed by atoms with Gasteiger partial charge < -0.3 is 10.0 Å². The third kappa shape index (κ3) is 3.59. The molecule has 2 atom stereocenters. The highest BCUT2D eigenvalue weighted by Crippen LogP contribution is 2.39.